The highest BCUT2D eigenvalue weighted by atomic mass is 127. The van der Waals surface area contributed by atoms with Gasteiger partial charge in [0.15, 0.2) is 5.69 Å². The highest BCUT2D eigenvalue weighted by molar-refractivity contribution is 14.1. The predicted molar refractivity (Wildman–Crippen MR) is 79.7 cm³/mol. The van der Waals surface area contributed by atoms with Gasteiger partial charge in [0.05, 0.1) is 9.13 Å². The van der Waals surface area contributed by atoms with Crippen LogP contribution in [0.4, 0.5) is 13.2 Å². The Morgan fingerprint density at radius 3 is 2.55 bits per heavy atom. The Balaban J connectivity index is 1.99. The Kier molecular flexibility index (Phi) is 3.67. The Hall–Kier alpha value is -1.91. The first-order valence-corrected chi connectivity index (χ1v) is 7.13. The predicted octanol–water partition coefficient (Wildman–Crippen LogP) is 3.76. The minimum Gasteiger partial charge on any atom is -0.414 e. The zero-order chi connectivity index (χ0) is 15.9. The van der Waals surface area contributed by atoms with E-state index in [2.05, 4.69) is 37.9 Å². The molecule has 9 heteroatoms. The monoisotopic (exact) mass is 420 g/mol. The summed E-state index contributed by atoms with van der Waals surface area (Å²) in [6.07, 6.45) is -2.65. The maximum atomic E-state index is 12.7. The molecule has 0 spiro atoms. The van der Waals surface area contributed by atoms with Gasteiger partial charge in [0.2, 0.25) is 5.89 Å². The van der Waals surface area contributed by atoms with E-state index in [9.17, 15) is 13.2 Å². The molecule has 2 heterocycles. The number of benzene rings is 1. The lowest BCUT2D eigenvalue weighted by atomic mass is 10.1. The first-order valence-electron chi connectivity index (χ1n) is 6.05. The summed E-state index contributed by atoms with van der Waals surface area (Å²) in [5, 5.41) is 11.8. The van der Waals surface area contributed by atoms with Crippen molar-refractivity contribution in [3.8, 4) is 23.0 Å². The molecule has 22 heavy (non-hydrogen) atoms. The summed E-state index contributed by atoms with van der Waals surface area (Å²) < 4.78 is 46.0. The van der Waals surface area contributed by atoms with Crippen LogP contribution >= 0.6 is 22.6 Å². The molecule has 0 aliphatic heterocycles. The fourth-order valence-corrected chi connectivity index (χ4v) is 2.61. The lowest BCUT2D eigenvalue weighted by molar-refractivity contribution is -0.137. The summed E-state index contributed by atoms with van der Waals surface area (Å²) in [4.78, 5) is 0. The van der Waals surface area contributed by atoms with Crippen molar-refractivity contribution < 1.29 is 17.6 Å². The molecule has 5 nitrogen and oxygen atoms in total. The summed E-state index contributed by atoms with van der Waals surface area (Å²) in [7, 11) is 1.75. The Labute approximate surface area is 136 Å². The Morgan fingerprint density at radius 2 is 1.91 bits per heavy atom. The minimum atomic E-state index is -4.42. The van der Waals surface area contributed by atoms with Gasteiger partial charge in [-0.2, -0.15) is 18.3 Å². The zero-order valence-electron chi connectivity index (χ0n) is 11.1. The van der Waals surface area contributed by atoms with Crippen LogP contribution in [0.1, 0.15) is 5.56 Å². The first-order chi connectivity index (χ1) is 10.3. The molecule has 1 aromatic carbocycles. The number of rotatable bonds is 2. The van der Waals surface area contributed by atoms with E-state index in [4.69, 9.17) is 4.42 Å². The summed E-state index contributed by atoms with van der Waals surface area (Å²) in [6.45, 7) is 0. The van der Waals surface area contributed by atoms with E-state index in [0.29, 0.717) is 5.69 Å². The number of hydrogen-bond donors (Lipinski definition) is 0. The van der Waals surface area contributed by atoms with Crippen LogP contribution in [-0.4, -0.2) is 20.0 Å². The van der Waals surface area contributed by atoms with Gasteiger partial charge in [0.1, 0.15) is 0 Å². The molecule has 0 fully saturated rings. The molecule has 0 atom stereocenters. The number of aryl methyl sites for hydroxylation is 1. The van der Waals surface area contributed by atoms with Crippen molar-refractivity contribution in [1.29, 1.82) is 0 Å². The van der Waals surface area contributed by atoms with E-state index < -0.39 is 11.7 Å². The van der Waals surface area contributed by atoms with Crippen molar-refractivity contribution in [3.63, 3.8) is 0 Å². The Bertz CT molecular complexity index is 825. The van der Waals surface area contributed by atoms with Crippen LogP contribution in [0.5, 0.6) is 0 Å². The lowest BCUT2D eigenvalue weighted by Crippen LogP contribution is -2.04. The van der Waals surface area contributed by atoms with Crippen LogP contribution in [0.3, 0.4) is 0 Å². The fraction of sp³-hybridized carbons (Fsp3) is 0.154. The van der Waals surface area contributed by atoms with Gasteiger partial charge in [-0.3, -0.25) is 4.68 Å². The second-order valence-corrected chi connectivity index (χ2v) is 5.65. The molecule has 0 saturated carbocycles. The molecule has 2 aromatic heterocycles. The number of halogens is 4. The van der Waals surface area contributed by atoms with Crippen LogP contribution in [0, 0.1) is 3.57 Å². The van der Waals surface area contributed by atoms with E-state index in [-0.39, 0.29) is 17.3 Å². The van der Waals surface area contributed by atoms with Crippen LogP contribution in [0.25, 0.3) is 23.0 Å². The molecule has 0 N–H and O–H groups in total. The highest BCUT2D eigenvalue weighted by Crippen LogP contribution is 2.32. The molecular formula is C13H8F3IN4O. The third-order valence-electron chi connectivity index (χ3n) is 2.85. The van der Waals surface area contributed by atoms with Crippen molar-refractivity contribution in [2.75, 3.05) is 0 Å². The zero-order valence-corrected chi connectivity index (χ0v) is 13.3. The van der Waals surface area contributed by atoms with Gasteiger partial charge < -0.3 is 4.42 Å². The van der Waals surface area contributed by atoms with Gasteiger partial charge in [-0.05, 0) is 40.8 Å². The minimum absolute atomic E-state index is 0.0163. The van der Waals surface area contributed by atoms with Crippen molar-refractivity contribution >= 4 is 22.6 Å². The fourth-order valence-electron chi connectivity index (χ4n) is 1.87. The number of hydrogen-bond acceptors (Lipinski definition) is 4. The van der Waals surface area contributed by atoms with E-state index in [1.807, 2.05) is 0 Å². The summed E-state index contributed by atoms with van der Waals surface area (Å²) >= 11 is 2.06. The van der Waals surface area contributed by atoms with Crippen molar-refractivity contribution in [2.45, 2.75) is 6.18 Å². The molecule has 0 amide bonds. The molecule has 0 unspecified atom stereocenters. The normalized spacial score (nSPS) is 11.9. The van der Waals surface area contributed by atoms with Crippen molar-refractivity contribution in [3.05, 3.63) is 39.6 Å². The third kappa shape index (κ3) is 2.85. The molecular weight excluding hydrogens is 412 g/mol. The SMILES string of the molecule is Cn1cc(I)c(-c2nnc(-c3cccc(C(F)(F)F)c3)o2)n1. The quantitative estimate of drug-likeness (QED) is 0.593. The molecule has 3 rings (SSSR count). The number of aromatic nitrogens is 4. The van der Waals surface area contributed by atoms with Crippen LogP contribution in [0.2, 0.25) is 0 Å². The van der Waals surface area contributed by atoms with Crippen LogP contribution in [0.15, 0.2) is 34.9 Å². The number of alkyl halides is 3. The maximum Gasteiger partial charge on any atom is 0.416 e. The average Bonchev–Trinajstić information content (AvgIpc) is 3.04. The van der Waals surface area contributed by atoms with Gasteiger partial charge in [0.25, 0.3) is 5.89 Å². The van der Waals surface area contributed by atoms with Gasteiger partial charge in [-0.25, -0.2) is 0 Å². The summed E-state index contributed by atoms with van der Waals surface area (Å²) in [6, 6.07) is 4.74. The molecule has 0 bridgehead atoms. The second kappa shape index (κ2) is 5.38. The van der Waals surface area contributed by atoms with E-state index in [1.165, 1.54) is 12.1 Å². The molecule has 0 aliphatic carbocycles. The number of nitrogens with zero attached hydrogens (tertiary/aromatic N) is 4. The maximum absolute atomic E-state index is 12.7. The smallest absolute Gasteiger partial charge is 0.414 e. The second-order valence-electron chi connectivity index (χ2n) is 4.49. The van der Waals surface area contributed by atoms with Crippen molar-refractivity contribution in [2.24, 2.45) is 7.05 Å². The van der Waals surface area contributed by atoms with Gasteiger partial charge >= 0.3 is 6.18 Å². The van der Waals surface area contributed by atoms with E-state index in [0.717, 1.165) is 15.7 Å². The molecule has 0 aliphatic rings. The van der Waals surface area contributed by atoms with Crippen molar-refractivity contribution in [1.82, 2.24) is 20.0 Å². The molecule has 0 radical (unpaired) electrons. The van der Waals surface area contributed by atoms with E-state index >= 15 is 0 Å². The molecule has 114 valence electrons. The third-order valence-corrected chi connectivity index (χ3v) is 3.64. The van der Waals surface area contributed by atoms with Gasteiger partial charge in [0, 0.05) is 18.8 Å². The summed E-state index contributed by atoms with van der Waals surface area (Å²) in [5.74, 6) is 0.181. The standard InChI is InChI=1S/C13H8F3IN4O/c1-21-6-9(17)10(20-21)12-19-18-11(22-12)7-3-2-4-8(5-7)13(14,15)16/h2-6H,1H3. The average molecular weight is 420 g/mol. The molecule has 0 saturated heterocycles. The summed E-state index contributed by atoms with van der Waals surface area (Å²) in [5.41, 5.74) is -0.0643. The first kappa shape index (κ1) is 15.0. The van der Waals surface area contributed by atoms with Crippen LogP contribution in [-0.2, 0) is 13.2 Å². The van der Waals surface area contributed by atoms with Gasteiger partial charge in [-0.15, -0.1) is 10.2 Å². The van der Waals surface area contributed by atoms with Crippen LogP contribution < -0.4 is 0 Å². The topological polar surface area (TPSA) is 56.7 Å². The highest BCUT2D eigenvalue weighted by Gasteiger charge is 2.31. The van der Waals surface area contributed by atoms with Gasteiger partial charge in [-0.1, -0.05) is 6.07 Å². The largest absolute Gasteiger partial charge is 0.416 e. The Morgan fingerprint density at radius 1 is 1.18 bits per heavy atom. The molecule has 3 aromatic rings. The van der Waals surface area contributed by atoms with E-state index in [1.54, 1.807) is 17.9 Å². The lowest BCUT2D eigenvalue weighted by Gasteiger charge is -2.06.